The second-order valence-electron chi connectivity index (χ2n) is 4.55. The number of amides is 2. The molecule has 2 amide bonds. The van der Waals surface area contributed by atoms with E-state index in [0.717, 1.165) is 0 Å². The summed E-state index contributed by atoms with van der Waals surface area (Å²) in [6.45, 7) is 8.16. The lowest BCUT2D eigenvalue weighted by Gasteiger charge is -2.24. The Morgan fingerprint density at radius 3 is 2.35 bits per heavy atom. The van der Waals surface area contributed by atoms with E-state index in [-0.39, 0.29) is 0 Å². The maximum Gasteiger partial charge on any atom is 0.410 e. The summed E-state index contributed by atoms with van der Waals surface area (Å²) in [4.78, 5) is 23.9. The van der Waals surface area contributed by atoms with Crippen molar-refractivity contribution in [3.63, 3.8) is 0 Å². The van der Waals surface area contributed by atoms with Gasteiger partial charge in [-0.05, 0) is 27.7 Å². The van der Waals surface area contributed by atoms with Gasteiger partial charge in [-0.15, -0.1) is 0 Å². The lowest BCUT2D eigenvalue weighted by molar-refractivity contribution is 0.0299. The van der Waals surface area contributed by atoms with E-state index in [1.165, 1.54) is 4.90 Å². The standard InChI is InChI=1S/C11H22N2O4/c1-6-16-9(14)12-7-8-13(5)10(15)17-11(2,3)4/h6-8H2,1-5H3,(H,12,14). The fourth-order valence-corrected chi connectivity index (χ4v) is 0.939. The average Bonchev–Trinajstić information content (AvgIpc) is 2.15. The molecule has 0 bridgehead atoms. The van der Waals surface area contributed by atoms with Crippen LogP contribution in [0.4, 0.5) is 9.59 Å². The van der Waals surface area contributed by atoms with Gasteiger partial charge in [-0.2, -0.15) is 0 Å². The van der Waals surface area contributed by atoms with Crippen LogP contribution in [0.25, 0.3) is 0 Å². The van der Waals surface area contributed by atoms with Gasteiger partial charge in [0.25, 0.3) is 0 Å². The van der Waals surface area contributed by atoms with E-state index in [4.69, 9.17) is 4.74 Å². The van der Waals surface area contributed by atoms with Crippen molar-refractivity contribution < 1.29 is 19.1 Å². The first-order valence-electron chi connectivity index (χ1n) is 5.61. The molecule has 0 atom stereocenters. The Labute approximate surface area is 102 Å². The molecule has 0 unspecified atom stereocenters. The maximum atomic E-state index is 11.5. The van der Waals surface area contributed by atoms with E-state index in [1.54, 1.807) is 34.7 Å². The van der Waals surface area contributed by atoms with Gasteiger partial charge >= 0.3 is 12.2 Å². The van der Waals surface area contributed by atoms with E-state index >= 15 is 0 Å². The third-order valence-corrected chi connectivity index (χ3v) is 1.70. The minimum Gasteiger partial charge on any atom is -0.450 e. The van der Waals surface area contributed by atoms with Crippen molar-refractivity contribution in [1.82, 2.24) is 10.2 Å². The van der Waals surface area contributed by atoms with Crippen molar-refractivity contribution in [3.8, 4) is 0 Å². The topological polar surface area (TPSA) is 67.9 Å². The van der Waals surface area contributed by atoms with Crippen molar-refractivity contribution in [1.29, 1.82) is 0 Å². The zero-order valence-electron chi connectivity index (χ0n) is 11.2. The Kier molecular flexibility index (Phi) is 6.38. The third kappa shape index (κ3) is 8.36. The number of carbonyl (C=O) groups excluding carboxylic acids is 2. The second-order valence-corrected chi connectivity index (χ2v) is 4.55. The summed E-state index contributed by atoms with van der Waals surface area (Å²) in [6.07, 6.45) is -0.895. The van der Waals surface area contributed by atoms with Crippen LogP contribution in [0.1, 0.15) is 27.7 Å². The summed E-state index contributed by atoms with van der Waals surface area (Å²) in [7, 11) is 1.61. The van der Waals surface area contributed by atoms with E-state index in [2.05, 4.69) is 10.1 Å². The number of rotatable bonds is 4. The summed E-state index contributed by atoms with van der Waals surface area (Å²) in [5, 5.41) is 2.52. The van der Waals surface area contributed by atoms with E-state index < -0.39 is 17.8 Å². The number of ether oxygens (including phenoxy) is 2. The lowest BCUT2D eigenvalue weighted by atomic mass is 10.2. The Hall–Kier alpha value is -1.46. The molecule has 0 heterocycles. The average molecular weight is 246 g/mol. The van der Waals surface area contributed by atoms with Crippen LogP contribution in [0.2, 0.25) is 0 Å². The monoisotopic (exact) mass is 246 g/mol. The first-order chi connectivity index (χ1) is 7.76. The van der Waals surface area contributed by atoms with Gasteiger partial charge in [0.2, 0.25) is 0 Å². The minimum absolute atomic E-state index is 0.327. The fourth-order valence-electron chi connectivity index (χ4n) is 0.939. The highest BCUT2D eigenvalue weighted by Gasteiger charge is 2.19. The molecule has 1 N–H and O–H groups in total. The van der Waals surface area contributed by atoms with Gasteiger partial charge in [-0.3, -0.25) is 0 Å². The summed E-state index contributed by atoms with van der Waals surface area (Å²) in [6, 6.07) is 0. The molecule has 0 rings (SSSR count). The number of carbonyl (C=O) groups is 2. The molecule has 0 saturated carbocycles. The molecule has 0 aromatic rings. The minimum atomic E-state index is -0.514. The van der Waals surface area contributed by atoms with Gasteiger partial charge in [-0.1, -0.05) is 0 Å². The predicted octanol–water partition coefficient (Wildman–Crippen LogP) is 1.60. The van der Waals surface area contributed by atoms with Gasteiger partial charge in [0.1, 0.15) is 5.60 Å². The number of likely N-dealkylation sites (N-methyl/N-ethyl adjacent to an activating group) is 1. The molecular weight excluding hydrogens is 224 g/mol. The second kappa shape index (κ2) is 6.98. The normalized spacial score (nSPS) is 10.6. The number of alkyl carbamates (subject to hydrolysis) is 1. The highest BCUT2D eigenvalue weighted by atomic mass is 16.6. The molecule has 0 aromatic carbocycles. The summed E-state index contributed by atoms with van der Waals surface area (Å²) >= 11 is 0. The van der Waals surface area contributed by atoms with Crippen LogP contribution in [-0.4, -0.2) is 49.4 Å². The van der Waals surface area contributed by atoms with Crippen LogP contribution in [0.5, 0.6) is 0 Å². The predicted molar refractivity (Wildman–Crippen MR) is 63.9 cm³/mol. The van der Waals surface area contributed by atoms with Gasteiger partial charge in [0.05, 0.1) is 6.61 Å². The molecule has 17 heavy (non-hydrogen) atoms. The van der Waals surface area contributed by atoms with E-state index in [1.807, 2.05) is 0 Å². The molecule has 0 aromatic heterocycles. The molecule has 0 spiro atoms. The Morgan fingerprint density at radius 1 is 1.29 bits per heavy atom. The number of nitrogens with one attached hydrogen (secondary N) is 1. The van der Waals surface area contributed by atoms with Crippen LogP contribution >= 0.6 is 0 Å². The molecule has 0 aliphatic rings. The summed E-state index contributed by atoms with van der Waals surface area (Å²) < 4.78 is 9.83. The number of hydrogen-bond donors (Lipinski definition) is 1. The Bertz CT molecular complexity index is 261. The first-order valence-corrected chi connectivity index (χ1v) is 5.61. The number of nitrogens with zero attached hydrogens (tertiary/aromatic N) is 1. The Balaban J connectivity index is 3.82. The van der Waals surface area contributed by atoms with Crippen LogP contribution in [-0.2, 0) is 9.47 Å². The molecule has 0 radical (unpaired) electrons. The summed E-state index contributed by atoms with van der Waals surface area (Å²) in [5.74, 6) is 0. The van der Waals surface area contributed by atoms with Crippen LogP contribution in [0, 0.1) is 0 Å². The molecule has 6 heteroatoms. The first kappa shape index (κ1) is 15.5. The van der Waals surface area contributed by atoms with Gasteiger partial charge in [-0.25, -0.2) is 9.59 Å². The highest BCUT2D eigenvalue weighted by molar-refractivity contribution is 5.68. The molecule has 0 aliphatic heterocycles. The van der Waals surface area contributed by atoms with Crippen molar-refractivity contribution in [3.05, 3.63) is 0 Å². The molecule has 0 aliphatic carbocycles. The summed E-state index contributed by atoms with van der Waals surface area (Å²) in [5.41, 5.74) is -0.514. The van der Waals surface area contributed by atoms with Crippen molar-refractivity contribution in [2.24, 2.45) is 0 Å². The van der Waals surface area contributed by atoms with Crippen LogP contribution < -0.4 is 5.32 Å². The van der Waals surface area contributed by atoms with E-state index in [9.17, 15) is 9.59 Å². The van der Waals surface area contributed by atoms with Gasteiger partial charge < -0.3 is 19.7 Å². The molecule has 6 nitrogen and oxygen atoms in total. The number of hydrogen-bond acceptors (Lipinski definition) is 4. The smallest absolute Gasteiger partial charge is 0.410 e. The molecule has 0 fully saturated rings. The SMILES string of the molecule is CCOC(=O)NCCN(C)C(=O)OC(C)(C)C. The van der Waals surface area contributed by atoms with Crippen molar-refractivity contribution >= 4 is 12.2 Å². The van der Waals surface area contributed by atoms with Crippen LogP contribution in [0.3, 0.4) is 0 Å². The van der Waals surface area contributed by atoms with E-state index in [0.29, 0.717) is 19.7 Å². The Morgan fingerprint density at radius 2 is 1.88 bits per heavy atom. The molecular formula is C11H22N2O4. The highest BCUT2D eigenvalue weighted by Crippen LogP contribution is 2.08. The van der Waals surface area contributed by atoms with Gasteiger partial charge in [0.15, 0.2) is 0 Å². The lowest BCUT2D eigenvalue weighted by Crippen LogP contribution is -2.39. The molecule has 100 valence electrons. The largest absolute Gasteiger partial charge is 0.450 e. The zero-order chi connectivity index (χ0) is 13.5. The van der Waals surface area contributed by atoms with Crippen LogP contribution in [0.15, 0.2) is 0 Å². The zero-order valence-corrected chi connectivity index (χ0v) is 11.2. The third-order valence-electron chi connectivity index (χ3n) is 1.70. The quantitative estimate of drug-likeness (QED) is 0.818. The maximum absolute atomic E-state index is 11.5. The van der Waals surface area contributed by atoms with Gasteiger partial charge in [0, 0.05) is 20.1 Å². The fraction of sp³-hybridized carbons (Fsp3) is 0.818. The van der Waals surface area contributed by atoms with Crippen molar-refractivity contribution in [2.45, 2.75) is 33.3 Å². The van der Waals surface area contributed by atoms with Crippen molar-refractivity contribution in [2.75, 3.05) is 26.7 Å². The molecule has 0 saturated heterocycles.